The fourth-order valence-corrected chi connectivity index (χ4v) is 4.20. The molecule has 1 amide bonds. The Kier molecular flexibility index (Phi) is 3.22. The molecule has 0 atom stereocenters. The van der Waals surface area contributed by atoms with Gasteiger partial charge in [0, 0.05) is 17.8 Å². The van der Waals surface area contributed by atoms with Crippen LogP contribution in [0.5, 0.6) is 0 Å². The lowest BCUT2D eigenvalue weighted by Crippen LogP contribution is -2.35. The molecule has 0 saturated heterocycles. The van der Waals surface area contributed by atoms with Crippen LogP contribution < -0.4 is 4.90 Å². The van der Waals surface area contributed by atoms with E-state index in [0.717, 1.165) is 17.8 Å². The first-order valence-corrected chi connectivity index (χ1v) is 7.68. The average Bonchev–Trinajstić information content (AvgIpc) is 2.58. The first-order valence-electron chi connectivity index (χ1n) is 5.23. The van der Waals surface area contributed by atoms with E-state index in [2.05, 4.69) is 6.07 Å². The number of anilines is 1. The number of carbonyl (C=O) groups is 1. The number of thioether (sulfide) groups is 2. The van der Waals surface area contributed by atoms with Gasteiger partial charge >= 0.3 is 0 Å². The molecule has 0 aromatic heterocycles. The Morgan fingerprint density at radius 2 is 1.88 bits per heavy atom. The number of para-hydroxylation sites is 1. The number of fused-ring (bicyclic) bond motifs is 1. The van der Waals surface area contributed by atoms with Crippen molar-refractivity contribution in [1.29, 1.82) is 0 Å². The number of benzene rings is 1. The van der Waals surface area contributed by atoms with E-state index in [1.165, 1.54) is 0 Å². The summed E-state index contributed by atoms with van der Waals surface area (Å²) in [5, 5.41) is 0. The van der Waals surface area contributed by atoms with Crippen molar-refractivity contribution in [2.45, 2.75) is 11.0 Å². The van der Waals surface area contributed by atoms with Gasteiger partial charge in [-0.1, -0.05) is 18.2 Å². The normalized spacial score (nSPS) is 17.7. The van der Waals surface area contributed by atoms with Gasteiger partial charge in [-0.2, -0.15) is 0 Å². The summed E-state index contributed by atoms with van der Waals surface area (Å²) in [6.07, 6.45) is 4.01. The van der Waals surface area contributed by atoms with Crippen LogP contribution >= 0.6 is 23.5 Å². The third-order valence-electron chi connectivity index (χ3n) is 2.97. The van der Waals surface area contributed by atoms with Crippen molar-refractivity contribution in [1.82, 2.24) is 0 Å². The topological polar surface area (TPSA) is 20.3 Å². The Morgan fingerprint density at radius 3 is 2.44 bits per heavy atom. The standard InChI is InChI=1S/C12H15NOS2/c1-4-13-10-8-6-5-7-9(10)12(15-2,16-3)11(13)14/h5-8H,4H2,1-3H3. The van der Waals surface area contributed by atoms with E-state index in [1.54, 1.807) is 23.5 Å². The molecule has 0 N–H and O–H groups in total. The van der Waals surface area contributed by atoms with E-state index < -0.39 is 4.08 Å². The lowest BCUT2D eigenvalue weighted by atomic mass is 10.1. The molecule has 4 heteroatoms. The lowest BCUT2D eigenvalue weighted by molar-refractivity contribution is -0.118. The maximum Gasteiger partial charge on any atom is 0.258 e. The Balaban J connectivity index is 2.63. The van der Waals surface area contributed by atoms with Crippen LogP contribution in [0.2, 0.25) is 0 Å². The molecule has 1 heterocycles. The summed E-state index contributed by atoms with van der Waals surface area (Å²) in [7, 11) is 0. The molecule has 2 nitrogen and oxygen atoms in total. The highest BCUT2D eigenvalue weighted by molar-refractivity contribution is 8.18. The third kappa shape index (κ3) is 1.39. The molecule has 0 unspecified atom stereocenters. The van der Waals surface area contributed by atoms with Crippen molar-refractivity contribution in [3.63, 3.8) is 0 Å². The zero-order valence-corrected chi connectivity index (χ0v) is 11.3. The number of rotatable bonds is 3. The van der Waals surface area contributed by atoms with E-state index in [1.807, 2.05) is 42.5 Å². The smallest absolute Gasteiger partial charge is 0.258 e. The van der Waals surface area contributed by atoms with Gasteiger partial charge in [-0.15, -0.1) is 23.5 Å². The minimum atomic E-state index is -0.438. The Labute approximate surface area is 105 Å². The van der Waals surface area contributed by atoms with Gasteiger partial charge < -0.3 is 4.90 Å². The number of hydrogen-bond donors (Lipinski definition) is 0. The van der Waals surface area contributed by atoms with E-state index in [0.29, 0.717) is 0 Å². The monoisotopic (exact) mass is 253 g/mol. The van der Waals surface area contributed by atoms with Gasteiger partial charge in [-0.25, -0.2) is 0 Å². The van der Waals surface area contributed by atoms with Gasteiger partial charge in [0.25, 0.3) is 5.91 Å². The molecule has 1 aromatic rings. The highest BCUT2D eigenvalue weighted by atomic mass is 32.2. The van der Waals surface area contributed by atoms with Crippen molar-refractivity contribution in [3.8, 4) is 0 Å². The molecule has 86 valence electrons. The van der Waals surface area contributed by atoms with Crippen LogP contribution in [0.3, 0.4) is 0 Å². The molecule has 0 saturated carbocycles. The predicted octanol–water partition coefficient (Wildman–Crippen LogP) is 2.93. The van der Waals surface area contributed by atoms with Crippen LogP contribution in [-0.2, 0) is 8.87 Å². The molecule has 0 bridgehead atoms. The summed E-state index contributed by atoms with van der Waals surface area (Å²) in [4.78, 5) is 14.3. The van der Waals surface area contributed by atoms with Gasteiger partial charge in [0.05, 0.1) is 0 Å². The van der Waals surface area contributed by atoms with Crippen molar-refractivity contribution in [3.05, 3.63) is 29.8 Å². The first-order chi connectivity index (χ1) is 7.71. The fourth-order valence-electron chi connectivity index (χ4n) is 2.18. The second-order valence-corrected chi connectivity index (χ2v) is 5.89. The second kappa shape index (κ2) is 4.34. The number of amides is 1. The van der Waals surface area contributed by atoms with Crippen molar-refractivity contribution < 1.29 is 4.79 Å². The van der Waals surface area contributed by atoms with Gasteiger partial charge in [0.2, 0.25) is 0 Å². The van der Waals surface area contributed by atoms with Crippen molar-refractivity contribution >= 4 is 35.1 Å². The lowest BCUT2D eigenvalue weighted by Gasteiger charge is -2.24. The third-order valence-corrected chi connectivity index (χ3v) is 5.91. The number of hydrogen-bond acceptors (Lipinski definition) is 3. The molecule has 1 aliphatic heterocycles. The van der Waals surface area contributed by atoms with Crippen LogP contribution in [-0.4, -0.2) is 25.0 Å². The summed E-state index contributed by atoms with van der Waals surface area (Å²) in [6.45, 7) is 2.75. The Morgan fingerprint density at radius 1 is 1.25 bits per heavy atom. The minimum Gasteiger partial charge on any atom is -0.310 e. The van der Waals surface area contributed by atoms with E-state index in [4.69, 9.17) is 0 Å². The van der Waals surface area contributed by atoms with Crippen LogP contribution in [0, 0.1) is 0 Å². The largest absolute Gasteiger partial charge is 0.310 e. The SMILES string of the molecule is CCN1C(=O)C(SC)(SC)c2ccccc21. The first kappa shape index (κ1) is 11.9. The number of carbonyl (C=O) groups excluding carboxylic acids is 1. The van der Waals surface area contributed by atoms with Crippen molar-refractivity contribution in [2.24, 2.45) is 0 Å². The molecule has 1 aromatic carbocycles. The summed E-state index contributed by atoms with van der Waals surface area (Å²) in [5.41, 5.74) is 2.21. The summed E-state index contributed by atoms with van der Waals surface area (Å²) < 4.78 is -0.438. The molecule has 1 aliphatic rings. The van der Waals surface area contributed by atoms with Gasteiger partial charge in [-0.3, -0.25) is 4.79 Å². The molecule has 16 heavy (non-hydrogen) atoms. The molecular weight excluding hydrogens is 238 g/mol. The zero-order chi connectivity index (χ0) is 11.8. The van der Waals surface area contributed by atoms with Gasteiger partial charge in [0.15, 0.2) is 4.08 Å². The highest BCUT2D eigenvalue weighted by Gasteiger charge is 2.49. The second-order valence-electron chi connectivity index (χ2n) is 3.59. The average molecular weight is 253 g/mol. The van der Waals surface area contributed by atoms with E-state index in [9.17, 15) is 4.79 Å². The van der Waals surface area contributed by atoms with Crippen LogP contribution in [0.15, 0.2) is 24.3 Å². The Hall–Kier alpha value is -0.610. The van der Waals surface area contributed by atoms with Gasteiger partial charge in [0.1, 0.15) is 0 Å². The van der Waals surface area contributed by atoms with E-state index >= 15 is 0 Å². The minimum absolute atomic E-state index is 0.205. The van der Waals surface area contributed by atoms with Crippen LogP contribution in [0.4, 0.5) is 5.69 Å². The van der Waals surface area contributed by atoms with E-state index in [-0.39, 0.29) is 5.91 Å². The molecule has 0 radical (unpaired) electrons. The van der Waals surface area contributed by atoms with Crippen LogP contribution in [0.1, 0.15) is 12.5 Å². The zero-order valence-electron chi connectivity index (χ0n) is 9.69. The molecular formula is C12H15NOS2. The number of likely N-dealkylation sites (N-methyl/N-ethyl adjacent to an activating group) is 1. The molecule has 0 aliphatic carbocycles. The predicted molar refractivity (Wildman–Crippen MR) is 73.2 cm³/mol. The van der Waals surface area contributed by atoms with Crippen molar-refractivity contribution in [2.75, 3.05) is 24.0 Å². The number of nitrogens with zero attached hydrogens (tertiary/aromatic N) is 1. The van der Waals surface area contributed by atoms with Gasteiger partial charge in [-0.05, 0) is 25.5 Å². The summed E-state index contributed by atoms with van der Waals surface area (Å²) in [6, 6.07) is 8.10. The fraction of sp³-hybridized carbons (Fsp3) is 0.417. The maximum absolute atomic E-state index is 12.5. The summed E-state index contributed by atoms with van der Waals surface area (Å²) >= 11 is 3.24. The van der Waals surface area contributed by atoms with Crippen LogP contribution in [0.25, 0.3) is 0 Å². The highest BCUT2D eigenvalue weighted by Crippen LogP contribution is 2.53. The molecule has 0 spiro atoms. The molecule has 0 fully saturated rings. The quantitative estimate of drug-likeness (QED) is 0.773. The molecule has 2 rings (SSSR count). The maximum atomic E-state index is 12.5. The summed E-state index contributed by atoms with van der Waals surface area (Å²) in [5.74, 6) is 0.205. The Bertz CT molecular complexity index is 415.